The lowest BCUT2D eigenvalue weighted by Crippen LogP contribution is -2.40. The molecule has 0 radical (unpaired) electrons. The van der Waals surface area contributed by atoms with Gasteiger partial charge in [0.15, 0.2) is 5.96 Å². The Kier molecular flexibility index (Phi) is 6.05. The van der Waals surface area contributed by atoms with Crippen LogP contribution < -0.4 is 15.4 Å². The van der Waals surface area contributed by atoms with Crippen molar-refractivity contribution >= 4 is 5.96 Å². The highest BCUT2D eigenvalue weighted by molar-refractivity contribution is 5.79. The Labute approximate surface area is 109 Å². The number of aliphatic imine (C=N–C) groups is 1. The average molecular weight is 249 g/mol. The van der Waals surface area contributed by atoms with E-state index in [4.69, 9.17) is 4.74 Å². The molecule has 4 nitrogen and oxygen atoms in total. The van der Waals surface area contributed by atoms with E-state index in [1.54, 1.807) is 7.05 Å². The van der Waals surface area contributed by atoms with Crippen molar-refractivity contribution in [3.8, 4) is 5.75 Å². The molecule has 0 atom stereocenters. The van der Waals surface area contributed by atoms with Crippen LogP contribution >= 0.6 is 0 Å². The van der Waals surface area contributed by atoms with Gasteiger partial charge in [-0.05, 0) is 26.8 Å². The highest BCUT2D eigenvalue weighted by Crippen LogP contribution is 2.17. The lowest BCUT2D eigenvalue weighted by atomic mass is 10.2. The molecule has 0 aromatic heterocycles. The molecule has 0 fully saturated rings. The van der Waals surface area contributed by atoms with Gasteiger partial charge in [-0.25, -0.2) is 0 Å². The Bertz CT molecular complexity index is 388. The van der Waals surface area contributed by atoms with Gasteiger partial charge in [-0.15, -0.1) is 0 Å². The number of nitrogens with one attached hydrogen (secondary N) is 2. The molecule has 1 aromatic carbocycles. The van der Waals surface area contributed by atoms with Crippen molar-refractivity contribution in [1.29, 1.82) is 0 Å². The third-order valence-electron chi connectivity index (χ3n) is 2.37. The van der Waals surface area contributed by atoms with Gasteiger partial charge < -0.3 is 15.4 Å². The van der Waals surface area contributed by atoms with E-state index in [1.807, 2.05) is 25.1 Å². The molecular formula is C14H23N3O. The monoisotopic (exact) mass is 249 g/mol. The van der Waals surface area contributed by atoms with Gasteiger partial charge in [0.2, 0.25) is 0 Å². The first-order valence-electron chi connectivity index (χ1n) is 6.35. The molecule has 0 saturated carbocycles. The first-order chi connectivity index (χ1) is 8.67. The second kappa shape index (κ2) is 7.58. The van der Waals surface area contributed by atoms with Gasteiger partial charge in [0.1, 0.15) is 5.75 Å². The summed E-state index contributed by atoms with van der Waals surface area (Å²) in [6.45, 7) is 7.53. The van der Waals surface area contributed by atoms with Crippen molar-refractivity contribution < 1.29 is 4.74 Å². The quantitative estimate of drug-likeness (QED) is 0.621. The molecule has 0 aliphatic carbocycles. The van der Waals surface area contributed by atoms with Gasteiger partial charge in [-0.3, -0.25) is 4.99 Å². The van der Waals surface area contributed by atoms with Crippen molar-refractivity contribution in [1.82, 2.24) is 10.6 Å². The van der Waals surface area contributed by atoms with Crippen LogP contribution in [0.2, 0.25) is 0 Å². The molecule has 0 amide bonds. The van der Waals surface area contributed by atoms with Crippen LogP contribution in [-0.4, -0.2) is 25.7 Å². The molecule has 0 aliphatic rings. The predicted octanol–water partition coefficient (Wildman–Crippen LogP) is 2.16. The Hall–Kier alpha value is -1.71. The van der Waals surface area contributed by atoms with Crippen molar-refractivity contribution in [2.45, 2.75) is 33.4 Å². The molecular weight excluding hydrogens is 226 g/mol. The Balaban J connectivity index is 2.62. The molecule has 0 aliphatic heterocycles. The summed E-state index contributed by atoms with van der Waals surface area (Å²) in [6, 6.07) is 8.39. The Morgan fingerprint density at radius 1 is 1.33 bits per heavy atom. The molecule has 0 unspecified atom stereocenters. The number of nitrogens with zero attached hydrogens (tertiary/aromatic N) is 1. The third kappa shape index (κ3) is 4.65. The SMILES string of the molecule is CCOc1ccccc1CNC(=NC)NC(C)C. The summed E-state index contributed by atoms with van der Waals surface area (Å²) in [4.78, 5) is 4.17. The second-order valence-electron chi connectivity index (χ2n) is 4.27. The fourth-order valence-electron chi connectivity index (χ4n) is 1.59. The molecule has 1 aromatic rings. The lowest BCUT2D eigenvalue weighted by Gasteiger charge is -2.16. The van der Waals surface area contributed by atoms with Crippen LogP contribution in [0.5, 0.6) is 5.75 Å². The van der Waals surface area contributed by atoms with Crippen LogP contribution in [0.4, 0.5) is 0 Å². The predicted molar refractivity (Wildman–Crippen MR) is 76.1 cm³/mol. The second-order valence-corrected chi connectivity index (χ2v) is 4.27. The van der Waals surface area contributed by atoms with Gasteiger partial charge in [-0.1, -0.05) is 18.2 Å². The van der Waals surface area contributed by atoms with E-state index in [2.05, 4.69) is 35.5 Å². The maximum atomic E-state index is 5.58. The van der Waals surface area contributed by atoms with Crippen LogP contribution in [0.1, 0.15) is 26.3 Å². The van der Waals surface area contributed by atoms with Crippen molar-refractivity contribution in [3.05, 3.63) is 29.8 Å². The van der Waals surface area contributed by atoms with Gasteiger partial charge in [0, 0.05) is 25.2 Å². The van der Waals surface area contributed by atoms with E-state index in [1.165, 1.54) is 0 Å². The zero-order chi connectivity index (χ0) is 13.4. The van der Waals surface area contributed by atoms with Gasteiger partial charge in [0.05, 0.1) is 6.61 Å². The minimum Gasteiger partial charge on any atom is -0.494 e. The molecule has 100 valence electrons. The van der Waals surface area contributed by atoms with E-state index in [-0.39, 0.29) is 0 Å². The number of para-hydroxylation sites is 1. The third-order valence-corrected chi connectivity index (χ3v) is 2.37. The van der Waals surface area contributed by atoms with Crippen LogP contribution in [0.15, 0.2) is 29.3 Å². The summed E-state index contributed by atoms with van der Waals surface area (Å²) in [7, 11) is 1.77. The molecule has 1 rings (SSSR count). The van der Waals surface area contributed by atoms with Crippen LogP contribution in [-0.2, 0) is 6.54 Å². The fourth-order valence-corrected chi connectivity index (χ4v) is 1.59. The normalized spacial score (nSPS) is 11.5. The van der Waals surface area contributed by atoms with Gasteiger partial charge >= 0.3 is 0 Å². The Morgan fingerprint density at radius 2 is 2.06 bits per heavy atom. The number of hydrogen-bond acceptors (Lipinski definition) is 2. The van der Waals surface area contributed by atoms with Crippen molar-refractivity contribution in [2.75, 3.05) is 13.7 Å². The molecule has 4 heteroatoms. The molecule has 0 heterocycles. The van der Waals surface area contributed by atoms with Gasteiger partial charge in [0.25, 0.3) is 0 Å². The van der Waals surface area contributed by atoms with Crippen LogP contribution in [0.25, 0.3) is 0 Å². The number of benzene rings is 1. The number of guanidine groups is 1. The lowest BCUT2D eigenvalue weighted by molar-refractivity contribution is 0.336. The average Bonchev–Trinajstić information content (AvgIpc) is 2.36. The van der Waals surface area contributed by atoms with Crippen LogP contribution in [0.3, 0.4) is 0 Å². The minimum atomic E-state index is 0.360. The zero-order valence-electron chi connectivity index (χ0n) is 11.7. The van der Waals surface area contributed by atoms with E-state index in [9.17, 15) is 0 Å². The first-order valence-corrected chi connectivity index (χ1v) is 6.35. The molecule has 2 N–H and O–H groups in total. The van der Waals surface area contributed by atoms with Crippen LogP contribution in [0, 0.1) is 0 Å². The summed E-state index contributed by atoms with van der Waals surface area (Å²) < 4.78 is 5.58. The number of ether oxygens (including phenoxy) is 1. The number of rotatable bonds is 5. The maximum absolute atomic E-state index is 5.58. The van der Waals surface area contributed by atoms with Crippen molar-refractivity contribution in [2.24, 2.45) is 4.99 Å². The number of hydrogen-bond donors (Lipinski definition) is 2. The molecule has 0 bridgehead atoms. The maximum Gasteiger partial charge on any atom is 0.191 e. The standard InChI is InChI=1S/C14H23N3O/c1-5-18-13-9-7-6-8-12(13)10-16-14(15-4)17-11(2)3/h6-9,11H,5,10H2,1-4H3,(H2,15,16,17). The van der Waals surface area contributed by atoms with E-state index >= 15 is 0 Å². The summed E-state index contributed by atoms with van der Waals surface area (Å²) in [5.74, 6) is 1.73. The topological polar surface area (TPSA) is 45.6 Å². The minimum absolute atomic E-state index is 0.360. The molecule has 18 heavy (non-hydrogen) atoms. The Morgan fingerprint density at radius 3 is 2.67 bits per heavy atom. The smallest absolute Gasteiger partial charge is 0.191 e. The first kappa shape index (κ1) is 14.4. The molecule has 0 spiro atoms. The van der Waals surface area contributed by atoms with E-state index < -0.39 is 0 Å². The largest absolute Gasteiger partial charge is 0.494 e. The molecule has 0 saturated heterocycles. The highest BCUT2D eigenvalue weighted by Gasteiger charge is 2.04. The van der Waals surface area contributed by atoms with Gasteiger partial charge in [-0.2, -0.15) is 0 Å². The summed E-state index contributed by atoms with van der Waals surface area (Å²) in [5.41, 5.74) is 1.13. The van der Waals surface area contributed by atoms with E-state index in [0.717, 1.165) is 17.3 Å². The summed E-state index contributed by atoms with van der Waals surface area (Å²) in [6.07, 6.45) is 0. The zero-order valence-corrected chi connectivity index (χ0v) is 11.7. The fraction of sp³-hybridized carbons (Fsp3) is 0.500. The summed E-state index contributed by atoms with van der Waals surface area (Å²) in [5, 5.41) is 6.52. The highest BCUT2D eigenvalue weighted by atomic mass is 16.5. The summed E-state index contributed by atoms with van der Waals surface area (Å²) >= 11 is 0. The van der Waals surface area contributed by atoms with Crippen molar-refractivity contribution in [3.63, 3.8) is 0 Å². The van der Waals surface area contributed by atoms with E-state index in [0.29, 0.717) is 19.2 Å².